The van der Waals surface area contributed by atoms with Crippen molar-refractivity contribution in [1.29, 1.82) is 0 Å². The number of amides is 1. The molecule has 19 heavy (non-hydrogen) atoms. The van der Waals surface area contributed by atoms with E-state index in [0.717, 1.165) is 23.7 Å². The lowest BCUT2D eigenvalue weighted by molar-refractivity contribution is 0.0470. The van der Waals surface area contributed by atoms with Gasteiger partial charge in [-0.05, 0) is 25.0 Å². The van der Waals surface area contributed by atoms with E-state index in [2.05, 4.69) is 4.98 Å². The Morgan fingerprint density at radius 2 is 2.32 bits per heavy atom. The number of fused-ring (bicyclic) bond motifs is 1. The maximum absolute atomic E-state index is 12.4. The highest BCUT2D eigenvalue weighted by molar-refractivity contribution is 6.00. The number of H-pyrrole nitrogens is 1. The number of aromatic amines is 1. The van der Waals surface area contributed by atoms with E-state index in [0.29, 0.717) is 24.5 Å². The number of nitrogens with two attached hydrogens (primary N) is 1. The van der Waals surface area contributed by atoms with Crippen molar-refractivity contribution in [2.75, 3.05) is 18.8 Å². The number of likely N-dealkylation sites (tertiary alicyclic amines) is 1. The van der Waals surface area contributed by atoms with Crippen molar-refractivity contribution in [2.45, 2.75) is 18.9 Å². The third-order valence-corrected chi connectivity index (χ3v) is 3.60. The molecule has 5 nitrogen and oxygen atoms in total. The smallest absolute Gasteiger partial charge is 0.270 e. The molecule has 1 unspecified atom stereocenters. The summed E-state index contributed by atoms with van der Waals surface area (Å²) in [6.45, 7) is 1.10. The lowest BCUT2D eigenvalue weighted by atomic mass is 10.1. The molecule has 4 N–H and O–H groups in total. The number of benzene rings is 1. The van der Waals surface area contributed by atoms with Gasteiger partial charge < -0.3 is 20.7 Å². The SMILES string of the molecule is Nc1cccc2cc(C(=O)N3CCCC(O)C3)[nH]c12. The molecule has 3 rings (SSSR count). The van der Waals surface area contributed by atoms with Crippen molar-refractivity contribution in [3.05, 3.63) is 30.0 Å². The Bertz CT molecular complexity index is 620. The molecule has 1 aliphatic rings. The van der Waals surface area contributed by atoms with Crippen molar-refractivity contribution < 1.29 is 9.90 Å². The summed E-state index contributed by atoms with van der Waals surface area (Å²) in [6, 6.07) is 7.40. The van der Waals surface area contributed by atoms with Gasteiger partial charge in [-0.15, -0.1) is 0 Å². The third-order valence-electron chi connectivity index (χ3n) is 3.60. The summed E-state index contributed by atoms with van der Waals surface area (Å²) in [5.41, 5.74) is 7.83. The van der Waals surface area contributed by atoms with E-state index in [4.69, 9.17) is 5.73 Å². The van der Waals surface area contributed by atoms with Crippen LogP contribution in [0, 0.1) is 0 Å². The average Bonchev–Trinajstić information content (AvgIpc) is 2.83. The van der Waals surface area contributed by atoms with E-state index < -0.39 is 6.10 Å². The summed E-state index contributed by atoms with van der Waals surface area (Å²) in [6.07, 6.45) is 1.20. The molecule has 0 saturated carbocycles. The minimum absolute atomic E-state index is 0.0747. The lowest BCUT2D eigenvalue weighted by Gasteiger charge is -2.29. The number of nitrogens with zero attached hydrogens (tertiary/aromatic N) is 1. The van der Waals surface area contributed by atoms with Crippen LogP contribution in [0.3, 0.4) is 0 Å². The van der Waals surface area contributed by atoms with Gasteiger partial charge in [0.1, 0.15) is 5.69 Å². The van der Waals surface area contributed by atoms with Crippen LogP contribution in [-0.2, 0) is 0 Å². The number of rotatable bonds is 1. The van der Waals surface area contributed by atoms with Crippen molar-refractivity contribution in [3.8, 4) is 0 Å². The van der Waals surface area contributed by atoms with Gasteiger partial charge in [0.2, 0.25) is 0 Å². The second-order valence-corrected chi connectivity index (χ2v) is 5.04. The van der Waals surface area contributed by atoms with Crippen LogP contribution in [0.5, 0.6) is 0 Å². The van der Waals surface area contributed by atoms with Crippen LogP contribution in [0.25, 0.3) is 10.9 Å². The molecule has 1 saturated heterocycles. The first-order chi connectivity index (χ1) is 9.15. The highest BCUT2D eigenvalue weighted by Crippen LogP contribution is 2.22. The first kappa shape index (κ1) is 12.0. The largest absolute Gasteiger partial charge is 0.397 e. The van der Waals surface area contributed by atoms with Crippen molar-refractivity contribution in [2.24, 2.45) is 0 Å². The van der Waals surface area contributed by atoms with Crippen molar-refractivity contribution >= 4 is 22.5 Å². The van der Waals surface area contributed by atoms with Gasteiger partial charge in [-0.2, -0.15) is 0 Å². The summed E-state index contributed by atoms with van der Waals surface area (Å²) >= 11 is 0. The molecule has 5 heteroatoms. The van der Waals surface area contributed by atoms with Gasteiger partial charge in [0.25, 0.3) is 5.91 Å². The third kappa shape index (κ3) is 2.17. The van der Waals surface area contributed by atoms with Gasteiger partial charge in [0.05, 0.1) is 17.3 Å². The number of aliphatic hydroxyl groups excluding tert-OH is 1. The monoisotopic (exact) mass is 259 g/mol. The van der Waals surface area contributed by atoms with Gasteiger partial charge in [0, 0.05) is 18.5 Å². The molecule has 1 atom stereocenters. The molecule has 0 aliphatic carbocycles. The number of aliphatic hydroxyl groups is 1. The van der Waals surface area contributed by atoms with Crippen LogP contribution < -0.4 is 5.73 Å². The second-order valence-electron chi connectivity index (χ2n) is 5.04. The van der Waals surface area contributed by atoms with Crippen molar-refractivity contribution in [1.82, 2.24) is 9.88 Å². The van der Waals surface area contributed by atoms with Crippen LogP contribution in [0.1, 0.15) is 23.3 Å². The number of β-amino-alcohol motifs (C(OH)–C–C–N with tert-alkyl or cyclic N) is 1. The quantitative estimate of drug-likeness (QED) is 0.676. The van der Waals surface area contributed by atoms with Gasteiger partial charge >= 0.3 is 0 Å². The number of anilines is 1. The van der Waals surface area contributed by atoms with Crippen LogP contribution >= 0.6 is 0 Å². The zero-order valence-electron chi connectivity index (χ0n) is 10.6. The van der Waals surface area contributed by atoms with Gasteiger partial charge in [-0.25, -0.2) is 0 Å². The fraction of sp³-hybridized carbons (Fsp3) is 0.357. The molecule has 2 aromatic rings. The number of nitrogens with one attached hydrogen (secondary N) is 1. The van der Waals surface area contributed by atoms with Gasteiger partial charge in [-0.1, -0.05) is 12.1 Å². The summed E-state index contributed by atoms with van der Waals surface area (Å²) in [7, 11) is 0. The predicted octanol–water partition coefficient (Wildman–Crippen LogP) is 1.35. The Labute approximate surface area is 111 Å². The average molecular weight is 259 g/mol. The van der Waals surface area contributed by atoms with Crippen molar-refractivity contribution in [3.63, 3.8) is 0 Å². The summed E-state index contributed by atoms with van der Waals surface area (Å²) in [5.74, 6) is -0.0747. The Kier molecular flexibility index (Phi) is 2.91. The second kappa shape index (κ2) is 4.59. The standard InChI is InChI=1S/C14H17N3O2/c15-11-5-1-3-9-7-12(16-13(9)11)14(19)17-6-2-4-10(18)8-17/h1,3,5,7,10,16,18H,2,4,6,8,15H2. The fourth-order valence-electron chi connectivity index (χ4n) is 2.60. The molecule has 0 bridgehead atoms. The molecule has 0 radical (unpaired) electrons. The maximum Gasteiger partial charge on any atom is 0.270 e. The highest BCUT2D eigenvalue weighted by Gasteiger charge is 2.24. The number of carbonyl (C=O) groups excluding carboxylic acids is 1. The zero-order valence-corrected chi connectivity index (χ0v) is 10.6. The highest BCUT2D eigenvalue weighted by atomic mass is 16.3. The number of hydrogen-bond donors (Lipinski definition) is 3. The van der Waals surface area contributed by atoms with E-state index in [-0.39, 0.29) is 5.91 Å². The number of piperidine rings is 1. The molecule has 1 aliphatic heterocycles. The lowest BCUT2D eigenvalue weighted by Crippen LogP contribution is -2.42. The van der Waals surface area contributed by atoms with Gasteiger partial charge in [0.15, 0.2) is 0 Å². The number of carbonyl (C=O) groups is 1. The summed E-state index contributed by atoms with van der Waals surface area (Å²) < 4.78 is 0. The molecule has 1 amide bonds. The predicted molar refractivity (Wildman–Crippen MR) is 73.9 cm³/mol. The molecule has 1 aromatic carbocycles. The first-order valence-electron chi connectivity index (χ1n) is 6.49. The zero-order chi connectivity index (χ0) is 13.4. The van der Waals surface area contributed by atoms with Crippen LogP contribution in [0.4, 0.5) is 5.69 Å². The molecule has 1 aromatic heterocycles. The Balaban J connectivity index is 1.91. The molecule has 1 fully saturated rings. The number of aromatic nitrogens is 1. The van der Waals surface area contributed by atoms with E-state index in [1.54, 1.807) is 11.0 Å². The molecule has 2 heterocycles. The fourth-order valence-corrected chi connectivity index (χ4v) is 2.60. The molecular weight excluding hydrogens is 242 g/mol. The Hall–Kier alpha value is -2.01. The van der Waals surface area contributed by atoms with E-state index in [1.807, 2.05) is 18.2 Å². The molecular formula is C14H17N3O2. The minimum Gasteiger partial charge on any atom is -0.397 e. The first-order valence-corrected chi connectivity index (χ1v) is 6.49. The van der Waals surface area contributed by atoms with Crippen LogP contribution in [0.15, 0.2) is 24.3 Å². The molecule has 0 spiro atoms. The maximum atomic E-state index is 12.4. The van der Waals surface area contributed by atoms with E-state index >= 15 is 0 Å². The Morgan fingerprint density at radius 3 is 3.05 bits per heavy atom. The normalized spacial score (nSPS) is 19.8. The van der Waals surface area contributed by atoms with Gasteiger partial charge in [-0.3, -0.25) is 4.79 Å². The van der Waals surface area contributed by atoms with E-state index in [1.165, 1.54) is 0 Å². The number of para-hydroxylation sites is 1. The minimum atomic E-state index is -0.410. The van der Waals surface area contributed by atoms with E-state index in [9.17, 15) is 9.90 Å². The van der Waals surface area contributed by atoms with Crippen LogP contribution in [-0.4, -0.2) is 40.1 Å². The summed E-state index contributed by atoms with van der Waals surface area (Å²) in [4.78, 5) is 17.1. The molecule has 100 valence electrons. The van der Waals surface area contributed by atoms with Crippen LogP contribution in [0.2, 0.25) is 0 Å². The summed E-state index contributed by atoms with van der Waals surface area (Å²) in [5, 5.41) is 10.6. The number of hydrogen-bond acceptors (Lipinski definition) is 3. The topological polar surface area (TPSA) is 82.3 Å². The Morgan fingerprint density at radius 1 is 1.47 bits per heavy atom. The number of nitrogen functional groups attached to an aromatic ring is 1.